The van der Waals surface area contributed by atoms with E-state index < -0.39 is 5.97 Å². The van der Waals surface area contributed by atoms with Gasteiger partial charge in [-0.2, -0.15) is 0 Å². The Labute approximate surface area is 253 Å². The second-order valence-electron chi connectivity index (χ2n) is 11.3. The Morgan fingerprint density at radius 3 is 1.63 bits per heavy atom. The fraction of sp³-hybridized carbons (Fsp3) is 0.730. The molecule has 0 amide bonds. The predicted molar refractivity (Wildman–Crippen MR) is 176 cm³/mol. The van der Waals surface area contributed by atoms with Crippen LogP contribution in [0.3, 0.4) is 0 Å². The largest absolute Gasteiger partial charge is 0.481 e. The molecule has 0 aliphatic carbocycles. The molecule has 0 saturated heterocycles. The molecule has 0 bridgehead atoms. The fourth-order valence-corrected chi connectivity index (χ4v) is 4.69. The SMILES string of the molecule is CCCCC/C=C\C/C=C\C/C=C\C(CCCCCCCC(=O)O)OC(=O)CCCCCCC/C=C\CCCCC. The first kappa shape index (κ1) is 38.9. The first-order valence-electron chi connectivity index (χ1n) is 17.1. The van der Waals surface area contributed by atoms with Crippen molar-refractivity contribution in [2.24, 2.45) is 0 Å². The third kappa shape index (κ3) is 32.3. The van der Waals surface area contributed by atoms with E-state index in [1.165, 1.54) is 77.0 Å². The number of carboxylic acid groups (broad SMARTS) is 1. The number of hydrogen-bond acceptors (Lipinski definition) is 3. The van der Waals surface area contributed by atoms with Crippen LogP contribution >= 0.6 is 0 Å². The van der Waals surface area contributed by atoms with Crippen LogP contribution in [0.4, 0.5) is 0 Å². The molecule has 4 heteroatoms. The number of allylic oxidation sites excluding steroid dienone is 7. The lowest BCUT2D eigenvalue weighted by molar-refractivity contribution is -0.147. The van der Waals surface area contributed by atoms with Crippen molar-refractivity contribution in [3.05, 3.63) is 48.6 Å². The van der Waals surface area contributed by atoms with E-state index in [9.17, 15) is 9.59 Å². The number of unbranched alkanes of at least 4 members (excludes halogenated alkanes) is 15. The molecule has 1 atom stereocenters. The van der Waals surface area contributed by atoms with Gasteiger partial charge in [-0.15, -0.1) is 0 Å². The zero-order valence-corrected chi connectivity index (χ0v) is 26.8. The number of carbonyl (C=O) groups excluding carboxylic acids is 1. The molecule has 0 aliphatic rings. The minimum Gasteiger partial charge on any atom is -0.481 e. The highest BCUT2D eigenvalue weighted by atomic mass is 16.5. The molecule has 0 radical (unpaired) electrons. The van der Waals surface area contributed by atoms with Crippen LogP contribution in [0.2, 0.25) is 0 Å². The highest BCUT2D eigenvalue weighted by molar-refractivity contribution is 5.69. The average molecular weight is 573 g/mol. The average Bonchev–Trinajstić information content (AvgIpc) is 2.95. The molecule has 0 fully saturated rings. The van der Waals surface area contributed by atoms with Crippen LogP contribution in [-0.2, 0) is 14.3 Å². The smallest absolute Gasteiger partial charge is 0.306 e. The number of esters is 1. The molecule has 0 spiro atoms. The van der Waals surface area contributed by atoms with Crippen molar-refractivity contribution < 1.29 is 19.4 Å². The Morgan fingerprint density at radius 1 is 0.561 bits per heavy atom. The van der Waals surface area contributed by atoms with Gasteiger partial charge in [0.25, 0.3) is 0 Å². The normalized spacial score (nSPS) is 12.8. The minimum atomic E-state index is -0.718. The molecule has 41 heavy (non-hydrogen) atoms. The molecule has 0 aliphatic heterocycles. The maximum Gasteiger partial charge on any atom is 0.306 e. The third-order valence-electron chi connectivity index (χ3n) is 7.26. The molecule has 0 aromatic carbocycles. The van der Waals surface area contributed by atoms with Gasteiger partial charge < -0.3 is 9.84 Å². The Morgan fingerprint density at radius 2 is 1.02 bits per heavy atom. The summed E-state index contributed by atoms with van der Waals surface area (Å²) in [6.07, 6.45) is 42.7. The van der Waals surface area contributed by atoms with Gasteiger partial charge in [-0.1, -0.05) is 121 Å². The summed E-state index contributed by atoms with van der Waals surface area (Å²) in [6.45, 7) is 4.47. The second kappa shape index (κ2) is 32.4. The van der Waals surface area contributed by atoms with Gasteiger partial charge in [0.05, 0.1) is 0 Å². The summed E-state index contributed by atoms with van der Waals surface area (Å²) < 4.78 is 5.85. The van der Waals surface area contributed by atoms with E-state index in [0.717, 1.165) is 64.2 Å². The van der Waals surface area contributed by atoms with Gasteiger partial charge in [-0.25, -0.2) is 0 Å². The summed E-state index contributed by atoms with van der Waals surface area (Å²) in [5.41, 5.74) is 0. The van der Waals surface area contributed by atoms with Crippen molar-refractivity contribution in [3.63, 3.8) is 0 Å². The Hall–Kier alpha value is -2.10. The lowest BCUT2D eigenvalue weighted by Gasteiger charge is -2.14. The highest BCUT2D eigenvalue weighted by Crippen LogP contribution is 2.14. The van der Waals surface area contributed by atoms with Crippen molar-refractivity contribution in [1.29, 1.82) is 0 Å². The van der Waals surface area contributed by atoms with Gasteiger partial charge >= 0.3 is 11.9 Å². The van der Waals surface area contributed by atoms with Crippen molar-refractivity contribution in [1.82, 2.24) is 0 Å². The monoisotopic (exact) mass is 572 g/mol. The molecule has 0 aromatic heterocycles. The van der Waals surface area contributed by atoms with Gasteiger partial charge in [0.2, 0.25) is 0 Å². The number of aliphatic carboxylic acids is 1. The first-order chi connectivity index (χ1) is 20.1. The number of ether oxygens (including phenoxy) is 1. The molecule has 4 nitrogen and oxygen atoms in total. The molecular formula is C37H64O4. The van der Waals surface area contributed by atoms with Crippen molar-refractivity contribution in [2.45, 2.75) is 174 Å². The Balaban J connectivity index is 4.27. The number of carbonyl (C=O) groups is 2. The zero-order chi connectivity index (χ0) is 30.1. The van der Waals surface area contributed by atoms with E-state index >= 15 is 0 Å². The summed E-state index contributed by atoms with van der Waals surface area (Å²) in [7, 11) is 0. The van der Waals surface area contributed by atoms with Gasteiger partial charge in [-0.05, 0) is 83.1 Å². The van der Waals surface area contributed by atoms with E-state index in [4.69, 9.17) is 9.84 Å². The van der Waals surface area contributed by atoms with Gasteiger partial charge in [0.1, 0.15) is 6.10 Å². The van der Waals surface area contributed by atoms with Crippen molar-refractivity contribution >= 4 is 11.9 Å². The van der Waals surface area contributed by atoms with Crippen molar-refractivity contribution in [2.75, 3.05) is 0 Å². The number of hydrogen-bond donors (Lipinski definition) is 1. The Kier molecular flexibility index (Phi) is 30.8. The van der Waals surface area contributed by atoms with E-state index in [0.29, 0.717) is 6.42 Å². The van der Waals surface area contributed by atoms with Gasteiger partial charge in [0.15, 0.2) is 0 Å². The van der Waals surface area contributed by atoms with Crippen LogP contribution in [0.15, 0.2) is 48.6 Å². The summed E-state index contributed by atoms with van der Waals surface area (Å²) in [6, 6.07) is 0. The molecule has 1 N–H and O–H groups in total. The maximum atomic E-state index is 12.5. The molecule has 0 saturated carbocycles. The molecule has 1 unspecified atom stereocenters. The van der Waals surface area contributed by atoms with E-state index in [1.807, 2.05) is 0 Å². The first-order valence-corrected chi connectivity index (χ1v) is 17.1. The maximum absolute atomic E-state index is 12.5. The molecule has 0 rings (SSSR count). The van der Waals surface area contributed by atoms with Crippen LogP contribution in [0.5, 0.6) is 0 Å². The summed E-state index contributed by atoms with van der Waals surface area (Å²) in [5, 5.41) is 8.77. The molecule has 236 valence electrons. The second-order valence-corrected chi connectivity index (χ2v) is 11.3. The summed E-state index contributed by atoms with van der Waals surface area (Å²) in [5.74, 6) is -0.802. The lowest BCUT2D eigenvalue weighted by Crippen LogP contribution is -2.16. The molecule has 0 heterocycles. The molecular weight excluding hydrogens is 508 g/mol. The summed E-state index contributed by atoms with van der Waals surface area (Å²) in [4.78, 5) is 23.2. The van der Waals surface area contributed by atoms with E-state index in [-0.39, 0.29) is 18.5 Å². The van der Waals surface area contributed by atoms with E-state index in [1.54, 1.807) is 0 Å². The van der Waals surface area contributed by atoms with Gasteiger partial charge in [0, 0.05) is 12.8 Å². The summed E-state index contributed by atoms with van der Waals surface area (Å²) >= 11 is 0. The van der Waals surface area contributed by atoms with Crippen LogP contribution in [-0.4, -0.2) is 23.1 Å². The van der Waals surface area contributed by atoms with Crippen LogP contribution < -0.4 is 0 Å². The predicted octanol–water partition coefficient (Wildman–Crippen LogP) is 11.6. The Bertz CT molecular complexity index is 704. The topological polar surface area (TPSA) is 63.6 Å². The lowest BCUT2D eigenvalue weighted by atomic mass is 10.1. The minimum absolute atomic E-state index is 0.0835. The zero-order valence-electron chi connectivity index (χ0n) is 26.8. The highest BCUT2D eigenvalue weighted by Gasteiger charge is 2.11. The van der Waals surface area contributed by atoms with Gasteiger partial charge in [-0.3, -0.25) is 9.59 Å². The molecule has 0 aromatic rings. The van der Waals surface area contributed by atoms with Crippen LogP contribution in [0.1, 0.15) is 168 Å². The standard InChI is InChI=1S/C37H64O4/c1-3-5-7-9-11-13-15-17-19-21-26-30-34-37(40)41-35(32-28-24-22-25-29-33-36(38)39)31-27-23-20-18-16-14-12-10-8-6-4-2/h11-14,18,20,27,31,35H,3-10,15-17,19,21-26,28-30,32-34H2,1-2H3,(H,38,39)/b13-11-,14-12-,20-18-,31-27-. The van der Waals surface area contributed by atoms with E-state index in [2.05, 4.69) is 62.5 Å². The number of carboxylic acids is 1. The van der Waals surface area contributed by atoms with Crippen LogP contribution in [0, 0.1) is 0 Å². The van der Waals surface area contributed by atoms with Crippen LogP contribution in [0.25, 0.3) is 0 Å². The third-order valence-corrected chi connectivity index (χ3v) is 7.26. The quantitative estimate of drug-likeness (QED) is 0.0528. The van der Waals surface area contributed by atoms with Crippen molar-refractivity contribution in [3.8, 4) is 0 Å². The number of rotatable bonds is 30. The fourth-order valence-electron chi connectivity index (χ4n) is 4.69.